The number of hydrogen-bond acceptors (Lipinski definition) is 1. The molecule has 1 aromatic rings. The molecule has 1 rings (SSSR count). The van der Waals surface area contributed by atoms with Gasteiger partial charge in [-0.05, 0) is 45.2 Å². The summed E-state index contributed by atoms with van der Waals surface area (Å²) in [7, 11) is 0. The number of benzene rings is 1. The fourth-order valence-electron chi connectivity index (χ4n) is 0.960. The second kappa shape index (κ2) is 6.09. The average Bonchev–Trinajstić information content (AvgIpc) is 2.03. The van der Waals surface area contributed by atoms with E-state index in [1.54, 1.807) is 0 Å². The van der Waals surface area contributed by atoms with Gasteiger partial charge in [0.05, 0.1) is 0 Å². The van der Waals surface area contributed by atoms with Gasteiger partial charge in [-0.25, -0.2) is 0 Å². The van der Waals surface area contributed by atoms with E-state index >= 15 is 0 Å². The van der Waals surface area contributed by atoms with Crippen LogP contribution in [0.1, 0.15) is 54.0 Å². The largest absolute Gasteiger partial charge is 0.488 e. The summed E-state index contributed by atoms with van der Waals surface area (Å²) in [5.74, 6) is 0.938. The number of ether oxygens (including phenoxy) is 1. The second-order valence-electron chi connectivity index (χ2n) is 7.03. The van der Waals surface area contributed by atoms with Crippen molar-refractivity contribution in [3.05, 3.63) is 29.8 Å². The maximum atomic E-state index is 5.66. The molecular weight excluding hydrogens is 208 g/mol. The molecular formula is C16H28O. The lowest BCUT2D eigenvalue weighted by molar-refractivity contribution is 0.131. The Balaban J connectivity index is 0.000000437. The summed E-state index contributed by atoms with van der Waals surface area (Å²) in [6, 6.07) is 8.11. The van der Waals surface area contributed by atoms with Crippen LogP contribution in [0.2, 0.25) is 0 Å². The molecule has 0 amide bonds. The van der Waals surface area contributed by atoms with Crippen LogP contribution < -0.4 is 4.74 Å². The summed E-state index contributed by atoms with van der Waals surface area (Å²) >= 11 is 0. The highest BCUT2D eigenvalue weighted by Gasteiger charge is 2.10. The molecule has 0 radical (unpaired) electrons. The lowest BCUT2D eigenvalue weighted by Gasteiger charge is -2.21. The molecule has 1 nitrogen and oxygen atoms in total. The molecule has 1 aromatic carbocycles. The van der Waals surface area contributed by atoms with Crippen LogP contribution in [-0.2, 0) is 0 Å². The Morgan fingerprint density at radius 2 is 1.12 bits per heavy atom. The third kappa shape index (κ3) is 13.0. The minimum absolute atomic E-state index is 0.102. The summed E-state index contributed by atoms with van der Waals surface area (Å²) in [6.45, 7) is 17.0. The number of aryl methyl sites for hydroxylation is 1. The molecule has 0 aliphatic carbocycles. The molecule has 0 saturated heterocycles. The first-order valence-electron chi connectivity index (χ1n) is 6.23. The van der Waals surface area contributed by atoms with E-state index in [1.165, 1.54) is 5.56 Å². The van der Waals surface area contributed by atoms with Gasteiger partial charge in [0.15, 0.2) is 0 Å². The topological polar surface area (TPSA) is 9.23 Å². The zero-order chi connectivity index (χ0) is 13.7. The van der Waals surface area contributed by atoms with Crippen LogP contribution >= 0.6 is 0 Å². The summed E-state index contributed by atoms with van der Waals surface area (Å²) < 4.78 is 5.66. The Labute approximate surface area is 107 Å². The van der Waals surface area contributed by atoms with E-state index in [2.05, 4.69) is 46.8 Å². The van der Waals surface area contributed by atoms with Crippen LogP contribution in [0, 0.1) is 12.3 Å². The van der Waals surface area contributed by atoms with Crippen molar-refractivity contribution in [1.29, 1.82) is 0 Å². The molecule has 98 valence electrons. The molecule has 0 aliphatic heterocycles. The van der Waals surface area contributed by atoms with Crippen molar-refractivity contribution in [2.45, 2.75) is 61.0 Å². The predicted molar refractivity (Wildman–Crippen MR) is 76.7 cm³/mol. The first kappa shape index (κ1) is 16.0. The minimum Gasteiger partial charge on any atom is -0.488 e. The van der Waals surface area contributed by atoms with Gasteiger partial charge in [-0.3, -0.25) is 0 Å². The summed E-state index contributed by atoms with van der Waals surface area (Å²) in [5.41, 5.74) is 1.66. The van der Waals surface area contributed by atoms with Gasteiger partial charge in [0, 0.05) is 0 Å². The predicted octanol–water partition coefficient (Wildman–Crippen LogP) is 5.22. The Morgan fingerprint density at radius 3 is 1.41 bits per heavy atom. The van der Waals surface area contributed by atoms with Crippen molar-refractivity contribution in [1.82, 2.24) is 0 Å². The number of rotatable bonds is 1. The lowest BCUT2D eigenvalue weighted by atomic mass is 10.0. The van der Waals surface area contributed by atoms with Crippen LogP contribution in [0.15, 0.2) is 24.3 Å². The molecule has 0 aromatic heterocycles. The summed E-state index contributed by atoms with van der Waals surface area (Å²) in [5, 5.41) is 0. The van der Waals surface area contributed by atoms with Gasteiger partial charge in [-0.1, -0.05) is 45.4 Å². The van der Waals surface area contributed by atoms with Crippen LogP contribution in [0.25, 0.3) is 0 Å². The van der Waals surface area contributed by atoms with Crippen molar-refractivity contribution < 1.29 is 4.74 Å². The van der Waals surface area contributed by atoms with E-state index in [-0.39, 0.29) is 5.60 Å². The zero-order valence-corrected chi connectivity index (χ0v) is 12.7. The van der Waals surface area contributed by atoms with E-state index in [9.17, 15) is 0 Å². The fourth-order valence-corrected chi connectivity index (χ4v) is 0.960. The highest BCUT2D eigenvalue weighted by atomic mass is 16.5. The Bertz CT molecular complexity index is 303. The van der Waals surface area contributed by atoms with Gasteiger partial charge in [0.1, 0.15) is 11.4 Å². The summed E-state index contributed by atoms with van der Waals surface area (Å²) in [6.07, 6.45) is 0. The van der Waals surface area contributed by atoms with Crippen molar-refractivity contribution in [2.24, 2.45) is 5.41 Å². The van der Waals surface area contributed by atoms with Crippen LogP contribution in [0.3, 0.4) is 0 Å². The van der Waals surface area contributed by atoms with Gasteiger partial charge in [-0.2, -0.15) is 0 Å². The van der Waals surface area contributed by atoms with Gasteiger partial charge in [0.25, 0.3) is 0 Å². The van der Waals surface area contributed by atoms with E-state index in [4.69, 9.17) is 4.74 Å². The Kier molecular flexibility index (Phi) is 5.74. The van der Waals surface area contributed by atoms with E-state index in [1.807, 2.05) is 32.9 Å². The Morgan fingerprint density at radius 1 is 0.765 bits per heavy atom. The van der Waals surface area contributed by atoms with Crippen molar-refractivity contribution in [3.8, 4) is 5.75 Å². The Hall–Kier alpha value is -0.980. The van der Waals surface area contributed by atoms with Crippen molar-refractivity contribution in [2.75, 3.05) is 0 Å². The molecule has 0 saturated carbocycles. The van der Waals surface area contributed by atoms with Gasteiger partial charge < -0.3 is 4.74 Å². The molecule has 17 heavy (non-hydrogen) atoms. The maximum absolute atomic E-state index is 5.66. The van der Waals surface area contributed by atoms with Gasteiger partial charge in [0.2, 0.25) is 0 Å². The maximum Gasteiger partial charge on any atom is 0.120 e. The third-order valence-electron chi connectivity index (χ3n) is 1.45. The lowest BCUT2D eigenvalue weighted by Crippen LogP contribution is -2.22. The normalized spacial score (nSPS) is 11.5. The molecule has 0 bridgehead atoms. The molecule has 0 heterocycles. The van der Waals surface area contributed by atoms with Crippen LogP contribution in [-0.4, -0.2) is 5.60 Å². The van der Waals surface area contributed by atoms with Crippen molar-refractivity contribution >= 4 is 0 Å². The molecule has 0 fully saturated rings. The van der Waals surface area contributed by atoms with E-state index in [0.717, 1.165) is 5.75 Å². The standard InChI is InChI=1S/C11H16O.C5H12/c1-9-5-7-10(8-6-9)12-11(2,3)4;1-5(2,3)4/h5-8H,1-4H3;1-4H3. The third-order valence-corrected chi connectivity index (χ3v) is 1.45. The second-order valence-corrected chi connectivity index (χ2v) is 7.03. The SMILES string of the molecule is CC(C)(C)C.Cc1ccc(OC(C)(C)C)cc1. The van der Waals surface area contributed by atoms with Crippen LogP contribution in [0.4, 0.5) is 0 Å². The quantitative estimate of drug-likeness (QED) is 0.649. The highest BCUT2D eigenvalue weighted by Crippen LogP contribution is 2.17. The average molecular weight is 236 g/mol. The molecule has 1 heteroatoms. The first-order valence-corrected chi connectivity index (χ1v) is 6.23. The smallest absolute Gasteiger partial charge is 0.120 e. The fraction of sp³-hybridized carbons (Fsp3) is 0.625. The van der Waals surface area contributed by atoms with Gasteiger partial charge in [-0.15, -0.1) is 0 Å². The molecule has 0 aliphatic rings. The van der Waals surface area contributed by atoms with E-state index < -0.39 is 0 Å². The van der Waals surface area contributed by atoms with Crippen molar-refractivity contribution in [3.63, 3.8) is 0 Å². The van der Waals surface area contributed by atoms with Crippen LogP contribution in [0.5, 0.6) is 5.75 Å². The zero-order valence-electron chi connectivity index (χ0n) is 12.7. The number of hydrogen-bond donors (Lipinski definition) is 0. The molecule has 0 spiro atoms. The molecule has 0 unspecified atom stereocenters. The highest BCUT2D eigenvalue weighted by molar-refractivity contribution is 5.26. The van der Waals surface area contributed by atoms with E-state index in [0.29, 0.717) is 5.41 Å². The first-order chi connectivity index (χ1) is 7.47. The molecule has 0 atom stereocenters. The molecule has 0 N–H and O–H groups in total. The summed E-state index contributed by atoms with van der Waals surface area (Å²) in [4.78, 5) is 0. The monoisotopic (exact) mass is 236 g/mol. The minimum atomic E-state index is -0.102. The van der Waals surface area contributed by atoms with Gasteiger partial charge >= 0.3 is 0 Å².